The highest BCUT2D eigenvalue weighted by molar-refractivity contribution is 5.98. The van der Waals surface area contributed by atoms with E-state index in [1.807, 2.05) is 4.90 Å². The number of hydrogen-bond donors (Lipinski definition) is 1. The molecule has 1 aromatic carbocycles. The molecule has 132 valence electrons. The van der Waals surface area contributed by atoms with E-state index in [9.17, 15) is 9.18 Å². The van der Waals surface area contributed by atoms with Gasteiger partial charge in [0.05, 0.1) is 25.3 Å². The summed E-state index contributed by atoms with van der Waals surface area (Å²) in [5, 5.41) is 2.81. The molecule has 0 unspecified atom stereocenters. The molecule has 0 aliphatic carbocycles. The molecule has 25 heavy (non-hydrogen) atoms. The average Bonchev–Trinajstić information content (AvgIpc) is 2.66. The minimum absolute atomic E-state index is 0.211. The van der Waals surface area contributed by atoms with Gasteiger partial charge in [0, 0.05) is 25.4 Å². The van der Waals surface area contributed by atoms with Crippen LogP contribution < -0.4 is 15.0 Å². The van der Waals surface area contributed by atoms with Crippen molar-refractivity contribution in [3.63, 3.8) is 0 Å². The van der Waals surface area contributed by atoms with Gasteiger partial charge in [-0.15, -0.1) is 0 Å². The lowest BCUT2D eigenvalue weighted by molar-refractivity contribution is 0.0945. The highest BCUT2D eigenvalue weighted by Gasteiger charge is 2.19. The number of pyridine rings is 1. The number of nitrogens with zero attached hydrogens (tertiary/aromatic N) is 2. The monoisotopic (exact) mass is 345 g/mol. The normalized spacial score (nSPS) is 14.2. The first kappa shape index (κ1) is 17.2. The number of carbonyl (C=O) groups excluding carboxylic acids is 1. The van der Waals surface area contributed by atoms with Crippen molar-refractivity contribution in [2.45, 2.75) is 0 Å². The largest absolute Gasteiger partial charge is 0.492 e. The summed E-state index contributed by atoms with van der Waals surface area (Å²) in [6.07, 6.45) is 1.68. The fraction of sp³-hybridized carbons (Fsp3) is 0.333. The van der Waals surface area contributed by atoms with Crippen molar-refractivity contribution in [1.82, 2.24) is 10.3 Å². The number of morpholine rings is 1. The summed E-state index contributed by atoms with van der Waals surface area (Å²) >= 11 is 0. The van der Waals surface area contributed by atoms with Gasteiger partial charge in [0.2, 0.25) is 0 Å². The molecule has 0 spiro atoms. The van der Waals surface area contributed by atoms with Gasteiger partial charge in [0.15, 0.2) is 0 Å². The maximum absolute atomic E-state index is 13.1. The second-order valence-corrected chi connectivity index (χ2v) is 5.54. The zero-order valence-electron chi connectivity index (χ0n) is 13.8. The molecule has 3 rings (SSSR count). The molecule has 0 saturated carbocycles. The van der Waals surface area contributed by atoms with E-state index in [4.69, 9.17) is 9.47 Å². The number of ether oxygens (including phenoxy) is 2. The van der Waals surface area contributed by atoms with Gasteiger partial charge in [0.25, 0.3) is 5.91 Å². The van der Waals surface area contributed by atoms with E-state index in [1.54, 1.807) is 30.5 Å². The number of nitrogens with one attached hydrogen (secondary N) is 1. The van der Waals surface area contributed by atoms with Crippen LogP contribution in [0.15, 0.2) is 42.6 Å². The summed E-state index contributed by atoms with van der Waals surface area (Å²) in [7, 11) is 0. The van der Waals surface area contributed by atoms with Crippen molar-refractivity contribution >= 4 is 11.7 Å². The van der Waals surface area contributed by atoms with Gasteiger partial charge in [-0.1, -0.05) is 6.07 Å². The number of carbonyl (C=O) groups is 1. The number of halogens is 1. The maximum Gasteiger partial charge on any atom is 0.255 e. The van der Waals surface area contributed by atoms with Crippen LogP contribution in [-0.2, 0) is 4.74 Å². The fourth-order valence-electron chi connectivity index (χ4n) is 2.59. The molecule has 1 amide bonds. The predicted octanol–water partition coefficient (Wildman–Crippen LogP) is 1.87. The smallest absolute Gasteiger partial charge is 0.255 e. The van der Waals surface area contributed by atoms with Gasteiger partial charge >= 0.3 is 0 Å². The zero-order valence-corrected chi connectivity index (χ0v) is 13.8. The molecule has 2 aromatic rings. The predicted molar refractivity (Wildman–Crippen MR) is 91.5 cm³/mol. The molecule has 1 fully saturated rings. The Morgan fingerprint density at radius 1 is 1.28 bits per heavy atom. The lowest BCUT2D eigenvalue weighted by Crippen LogP contribution is -2.38. The molecule has 1 aliphatic rings. The Morgan fingerprint density at radius 3 is 2.92 bits per heavy atom. The molecule has 1 N–H and O–H groups in total. The quantitative estimate of drug-likeness (QED) is 0.810. The Bertz CT molecular complexity index is 720. The minimum atomic E-state index is -0.355. The van der Waals surface area contributed by atoms with Crippen LogP contribution in [0.1, 0.15) is 10.4 Å². The molecule has 2 heterocycles. The molecule has 7 heteroatoms. The second kappa shape index (κ2) is 8.43. The molecule has 1 aromatic heterocycles. The topological polar surface area (TPSA) is 63.7 Å². The Morgan fingerprint density at radius 2 is 2.12 bits per heavy atom. The van der Waals surface area contributed by atoms with Gasteiger partial charge < -0.3 is 19.7 Å². The van der Waals surface area contributed by atoms with Crippen LogP contribution in [-0.4, -0.2) is 50.3 Å². The van der Waals surface area contributed by atoms with E-state index < -0.39 is 0 Å². The number of amides is 1. The summed E-state index contributed by atoms with van der Waals surface area (Å²) in [6.45, 7) is 3.23. The van der Waals surface area contributed by atoms with Crippen molar-refractivity contribution < 1.29 is 18.7 Å². The Balaban J connectivity index is 1.54. The fourth-order valence-corrected chi connectivity index (χ4v) is 2.59. The third kappa shape index (κ3) is 4.67. The van der Waals surface area contributed by atoms with Gasteiger partial charge in [0.1, 0.15) is 24.0 Å². The third-order valence-electron chi connectivity index (χ3n) is 3.79. The maximum atomic E-state index is 13.1. The minimum Gasteiger partial charge on any atom is -0.492 e. The van der Waals surface area contributed by atoms with E-state index in [0.717, 1.165) is 0 Å². The van der Waals surface area contributed by atoms with Crippen LogP contribution >= 0.6 is 0 Å². The first-order valence-electron chi connectivity index (χ1n) is 8.18. The van der Waals surface area contributed by atoms with Crippen molar-refractivity contribution in [2.24, 2.45) is 0 Å². The molecular formula is C18H20FN3O3. The van der Waals surface area contributed by atoms with E-state index in [-0.39, 0.29) is 18.3 Å². The lowest BCUT2D eigenvalue weighted by atomic mass is 10.2. The molecule has 6 nitrogen and oxygen atoms in total. The summed E-state index contributed by atoms with van der Waals surface area (Å²) in [4.78, 5) is 18.8. The van der Waals surface area contributed by atoms with Gasteiger partial charge in [-0.25, -0.2) is 9.37 Å². The SMILES string of the molecule is O=C(NCCOc1cccc(F)c1)c1cccnc1N1CCOCC1. The van der Waals surface area contributed by atoms with E-state index in [1.165, 1.54) is 12.1 Å². The Hall–Kier alpha value is -2.67. The standard InChI is InChI=1S/C18H20FN3O3/c19-14-3-1-4-15(13-14)25-10-7-21-18(23)16-5-2-6-20-17(16)22-8-11-24-12-9-22/h1-6,13H,7-12H2,(H,21,23). The van der Waals surface area contributed by atoms with Crippen molar-refractivity contribution in [3.8, 4) is 5.75 Å². The molecular weight excluding hydrogens is 325 g/mol. The first-order chi connectivity index (χ1) is 12.2. The lowest BCUT2D eigenvalue weighted by Gasteiger charge is -2.29. The van der Waals surface area contributed by atoms with Crippen LogP contribution in [0.4, 0.5) is 10.2 Å². The Labute approximate surface area is 145 Å². The van der Waals surface area contributed by atoms with Crippen LogP contribution in [0.3, 0.4) is 0 Å². The van der Waals surface area contributed by atoms with Crippen molar-refractivity contribution in [1.29, 1.82) is 0 Å². The Kier molecular flexibility index (Phi) is 5.79. The third-order valence-corrected chi connectivity index (χ3v) is 3.79. The highest BCUT2D eigenvalue weighted by atomic mass is 19.1. The zero-order chi connectivity index (χ0) is 17.5. The summed E-state index contributed by atoms with van der Waals surface area (Å²) in [5.41, 5.74) is 0.523. The molecule has 1 aliphatic heterocycles. The van der Waals surface area contributed by atoms with E-state index >= 15 is 0 Å². The second-order valence-electron chi connectivity index (χ2n) is 5.54. The number of benzene rings is 1. The van der Waals surface area contributed by atoms with E-state index in [0.29, 0.717) is 50.0 Å². The molecule has 0 bridgehead atoms. The molecule has 0 atom stereocenters. The van der Waals surface area contributed by atoms with Crippen LogP contribution in [0.2, 0.25) is 0 Å². The van der Waals surface area contributed by atoms with Gasteiger partial charge in [-0.05, 0) is 24.3 Å². The number of hydrogen-bond acceptors (Lipinski definition) is 5. The highest BCUT2D eigenvalue weighted by Crippen LogP contribution is 2.18. The number of anilines is 1. The van der Waals surface area contributed by atoms with Crippen molar-refractivity contribution in [3.05, 3.63) is 54.0 Å². The summed E-state index contributed by atoms with van der Waals surface area (Å²) in [6, 6.07) is 9.39. The van der Waals surface area contributed by atoms with Gasteiger partial charge in [-0.2, -0.15) is 0 Å². The first-order valence-corrected chi connectivity index (χ1v) is 8.18. The molecule has 1 saturated heterocycles. The number of aromatic nitrogens is 1. The van der Waals surface area contributed by atoms with Crippen LogP contribution in [0.5, 0.6) is 5.75 Å². The summed E-state index contributed by atoms with van der Waals surface area (Å²) < 4.78 is 23.8. The molecule has 0 radical (unpaired) electrons. The number of rotatable bonds is 6. The van der Waals surface area contributed by atoms with Crippen LogP contribution in [0.25, 0.3) is 0 Å². The summed E-state index contributed by atoms with van der Waals surface area (Å²) in [5.74, 6) is 0.531. The van der Waals surface area contributed by atoms with E-state index in [2.05, 4.69) is 10.3 Å². The van der Waals surface area contributed by atoms with Crippen molar-refractivity contribution in [2.75, 3.05) is 44.4 Å². The average molecular weight is 345 g/mol. The van der Waals surface area contributed by atoms with Crippen LogP contribution in [0, 0.1) is 5.82 Å². The van der Waals surface area contributed by atoms with Gasteiger partial charge in [-0.3, -0.25) is 4.79 Å².